The summed E-state index contributed by atoms with van der Waals surface area (Å²) in [4.78, 5) is 0. The van der Waals surface area contributed by atoms with Crippen LogP contribution in [0.3, 0.4) is 0 Å². The molecule has 0 aliphatic rings. The molecule has 3 rings (SSSR count). The molecule has 0 aliphatic carbocycles. The summed E-state index contributed by atoms with van der Waals surface area (Å²) in [5, 5.41) is 3.75. The minimum Gasteiger partial charge on any atom is -0.400 e. The Morgan fingerprint density at radius 2 is 1.00 bits per heavy atom. The molecule has 3 aromatic carbocycles. The largest absolute Gasteiger partial charge is 0.400 e. The maximum atomic E-state index is 6.56. The van der Waals surface area contributed by atoms with Crippen LogP contribution in [-0.2, 0) is 4.43 Å². The lowest BCUT2D eigenvalue weighted by atomic mass is 10.3. The van der Waals surface area contributed by atoms with Crippen molar-refractivity contribution < 1.29 is 4.43 Å². The Kier molecular flexibility index (Phi) is 4.86. The minimum atomic E-state index is -2.52. The van der Waals surface area contributed by atoms with Crippen LogP contribution in [0.15, 0.2) is 104 Å². The zero-order valence-corrected chi connectivity index (χ0v) is 14.1. The van der Waals surface area contributed by atoms with Gasteiger partial charge in [0.15, 0.2) is 0 Å². The first-order chi connectivity index (χ1) is 11.4. The third kappa shape index (κ3) is 3.04. The van der Waals surface area contributed by atoms with Crippen LogP contribution < -0.4 is 15.6 Å². The van der Waals surface area contributed by atoms with Crippen molar-refractivity contribution in [1.29, 1.82) is 0 Å². The molecule has 0 unspecified atom stereocenters. The third-order valence-corrected chi connectivity index (χ3v) is 8.00. The SMILES string of the molecule is C=CCO[Si](c1ccccc1)(c1ccccc1)c1ccccc1. The Balaban J connectivity index is 2.27. The molecule has 23 heavy (non-hydrogen) atoms. The van der Waals surface area contributed by atoms with E-state index < -0.39 is 8.32 Å². The van der Waals surface area contributed by atoms with Gasteiger partial charge in [-0.1, -0.05) is 97.1 Å². The van der Waals surface area contributed by atoms with Gasteiger partial charge in [0.05, 0.1) is 6.61 Å². The Morgan fingerprint density at radius 3 is 1.30 bits per heavy atom. The maximum Gasteiger partial charge on any atom is 0.288 e. The lowest BCUT2D eigenvalue weighted by Gasteiger charge is -2.32. The molecule has 0 aliphatic heterocycles. The fraction of sp³-hybridized carbons (Fsp3) is 0.0476. The molecule has 0 atom stereocenters. The van der Waals surface area contributed by atoms with Gasteiger partial charge in [0.25, 0.3) is 8.32 Å². The summed E-state index contributed by atoms with van der Waals surface area (Å²) in [5.74, 6) is 0. The summed E-state index contributed by atoms with van der Waals surface area (Å²) in [5.41, 5.74) is 0. The molecule has 0 N–H and O–H groups in total. The van der Waals surface area contributed by atoms with Crippen molar-refractivity contribution in [3.05, 3.63) is 104 Å². The number of benzene rings is 3. The van der Waals surface area contributed by atoms with Gasteiger partial charge in [-0.2, -0.15) is 0 Å². The number of hydrogen-bond acceptors (Lipinski definition) is 1. The summed E-state index contributed by atoms with van der Waals surface area (Å²) in [7, 11) is -2.52. The van der Waals surface area contributed by atoms with Crippen molar-refractivity contribution in [2.45, 2.75) is 0 Å². The zero-order valence-electron chi connectivity index (χ0n) is 13.1. The minimum absolute atomic E-state index is 0.533. The highest BCUT2D eigenvalue weighted by atomic mass is 28.4. The molecule has 1 nitrogen and oxygen atoms in total. The molecule has 0 spiro atoms. The summed E-state index contributed by atoms with van der Waals surface area (Å²) in [6.07, 6.45) is 1.83. The third-order valence-electron chi connectivity index (χ3n) is 3.96. The quantitative estimate of drug-likeness (QED) is 0.386. The van der Waals surface area contributed by atoms with Crippen molar-refractivity contribution in [2.75, 3.05) is 6.61 Å². The van der Waals surface area contributed by atoms with Gasteiger partial charge in [0.1, 0.15) is 0 Å². The van der Waals surface area contributed by atoms with Gasteiger partial charge in [0.2, 0.25) is 0 Å². The Labute approximate surface area is 139 Å². The van der Waals surface area contributed by atoms with E-state index in [0.29, 0.717) is 6.61 Å². The van der Waals surface area contributed by atoms with Crippen LogP contribution in [0.25, 0.3) is 0 Å². The first-order valence-corrected chi connectivity index (χ1v) is 9.70. The monoisotopic (exact) mass is 316 g/mol. The van der Waals surface area contributed by atoms with Gasteiger partial charge in [-0.3, -0.25) is 0 Å². The molecule has 114 valence electrons. The molecule has 0 saturated heterocycles. The number of rotatable bonds is 6. The van der Waals surface area contributed by atoms with E-state index in [9.17, 15) is 0 Å². The second-order valence-electron chi connectivity index (χ2n) is 5.38. The fourth-order valence-corrected chi connectivity index (χ4v) is 6.81. The molecule has 3 aromatic rings. The van der Waals surface area contributed by atoms with E-state index in [2.05, 4.69) is 79.4 Å². The smallest absolute Gasteiger partial charge is 0.288 e. The number of hydrogen-bond donors (Lipinski definition) is 0. The molecule has 0 fully saturated rings. The van der Waals surface area contributed by atoms with Crippen molar-refractivity contribution in [3.8, 4) is 0 Å². The molecule has 0 amide bonds. The predicted octanol–water partition coefficient (Wildman–Crippen LogP) is 2.86. The fourth-order valence-electron chi connectivity index (χ4n) is 2.95. The summed E-state index contributed by atoms with van der Waals surface area (Å²) in [6.45, 7) is 4.37. The van der Waals surface area contributed by atoms with E-state index >= 15 is 0 Å². The van der Waals surface area contributed by atoms with Crippen LogP contribution in [0.1, 0.15) is 0 Å². The van der Waals surface area contributed by atoms with E-state index in [-0.39, 0.29) is 0 Å². The molecule has 0 radical (unpaired) electrons. The molecule has 2 heteroatoms. The van der Waals surface area contributed by atoms with E-state index in [1.165, 1.54) is 15.6 Å². The van der Waals surface area contributed by atoms with Crippen molar-refractivity contribution in [1.82, 2.24) is 0 Å². The molecule has 0 heterocycles. The maximum absolute atomic E-state index is 6.56. The standard InChI is InChI=1S/C21H20OSi/c1-2-18-22-23(19-12-6-3-7-13-19,20-14-8-4-9-15-20)21-16-10-5-11-17-21/h2-17H,1,18H2. The lowest BCUT2D eigenvalue weighted by molar-refractivity contribution is 0.372. The van der Waals surface area contributed by atoms with Crippen LogP contribution in [0.4, 0.5) is 0 Å². The molecule has 0 aromatic heterocycles. The molecule has 0 saturated carbocycles. The van der Waals surface area contributed by atoms with Crippen LogP contribution in [0.5, 0.6) is 0 Å². The predicted molar refractivity (Wildman–Crippen MR) is 100 cm³/mol. The van der Waals surface area contributed by atoms with Crippen molar-refractivity contribution >= 4 is 23.9 Å². The van der Waals surface area contributed by atoms with E-state index in [4.69, 9.17) is 4.43 Å². The highest BCUT2D eigenvalue weighted by molar-refractivity contribution is 7.07. The van der Waals surface area contributed by atoms with Gasteiger partial charge < -0.3 is 4.43 Å². The van der Waals surface area contributed by atoms with Gasteiger partial charge in [-0.05, 0) is 15.6 Å². The van der Waals surface area contributed by atoms with Crippen LogP contribution in [-0.4, -0.2) is 14.9 Å². The van der Waals surface area contributed by atoms with Crippen molar-refractivity contribution in [2.24, 2.45) is 0 Å². The average molecular weight is 316 g/mol. The normalized spacial score (nSPS) is 11.1. The Bertz CT molecular complexity index is 642. The Morgan fingerprint density at radius 1 is 0.652 bits per heavy atom. The van der Waals surface area contributed by atoms with E-state index in [0.717, 1.165) is 0 Å². The van der Waals surface area contributed by atoms with Gasteiger partial charge in [-0.25, -0.2) is 0 Å². The highest BCUT2D eigenvalue weighted by Crippen LogP contribution is 2.09. The van der Waals surface area contributed by atoms with Gasteiger partial charge in [0, 0.05) is 0 Å². The summed E-state index contributed by atoms with van der Waals surface area (Å²) >= 11 is 0. The zero-order chi connectivity index (χ0) is 16.0. The Hall–Kier alpha value is -2.42. The molecular formula is C21H20OSi. The lowest BCUT2D eigenvalue weighted by Crippen LogP contribution is -2.69. The first-order valence-electron chi connectivity index (χ1n) is 7.79. The van der Waals surface area contributed by atoms with Crippen LogP contribution in [0.2, 0.25) is 0 Å². The average Bonchev–Trinajstić information content (AvgIpc) is 2.65. The van der Waals surface area contributed by atoms with Gasteiger partial charge in [-0.15, -0.1) is 6.58 Å². The molecular weight excluding hydrogens is 296 g/mol. The van der Waals surface area contributed by atoms with E-state index in [1.54, 1.807) is 0 Å². The second kappa shape index (κ2) is 7.23. The topological polar surface area (TPSA) is 9.23 Å². The summed E-state index contributed by atoms with van der Waals surface area (Å²) in [6, 6.07) is 31.7. The second-order valence-corrected chi connectivity index (χ2v) is 8.76. The van der Waals surface area contributed by atoms with E-state index in [1.807, 2.05) is 24.3 Å². The highest BCUT2D eigenvalue weighted by Gasteiger charge is 2.41. The molecule has 0 bridgehead atoms. The summed E-state index contributed by atoms with van der Waals surface area (Å²) < 4.78 is 6.56. The van der Waals surface area contributed by atoms with Crippen LogP contribution >= 0.6 is 0 Å². The van der Waals surface area contributed by atoms with Crippen molar-refractivity contribution in [3.63, 3.8) is 0 Å². The first kappa shape index (κ1) is 15.5. The van der Waals surface area contributed by atoms with Crippen LogP contribution in [0, 0.1) is 0 Å². The van der Waals surface area contributed by atoms with Gasteiger partial charge >= 0.3 is 0 Å².